The van der Waals surface area contributed by atoms with E-state index in [9.17, 15) is 4.79 Å². The van der Waals surface area contributed by atoms with E-state index in [0.29, 0.717) is 12.3 Å². The Bertz CT molecular complexity index is 238. The summed E-state index contributed by atoms with van der Waals surface area (Å²) in [5.74, 6) is 0.550. The Morgan fingerprint density at radius 1 is 1.60 bits per heavy atom. The summed E-state index contributed by atoms with van der Waals surface area (Å²) in [7, 11) is 0. The molecule has 4 heteroatoms. The number of nitrogens with two attached hydrogens (primary N) is 1. The molecule has 0 aromatic carbocycles. The van der Waals surface area contributed by atoms with Gasteiger partial charge in [0.25, 0.3) is 0 Å². The zero-order valence-electron chi connectivity index (χ0n) is 10.1. The molecule has 1 saturated heterocycles. The molecule has 1 rings (SSSR count). The molecule has 4 nitrogen and oxygen atoms in total. The maximum Gasteiger partial charge on any atom is 0.222 e. The molecule has 0 saturated carbocycles. The van der Waals surface area contributed by atoms with Gasteiger partial charge in [0.15, 0.2) is 0 Å². The van der Waals surface area contributed by atoms with Gasteiger partial charge in [-0.25, -0.2) is 0 Å². The maximum atomic E-state index is 11.5. The van der Waals surface area contributed by atoms with Gasteiger partial charge in [0.05, 0.1) is 6.17 Å². The van der Waals surface area contributed by atoms with Crippen LogP contribution in [0.5, 0.6) is 0 Å². The molecule has 1 aliphatic heterocycles. The van der Waals surface area contributed by atoms with E-state index in [4.69, 9.17) is 5.73 Å². The first kappa shape index (κ1) is 12.5. The van der Waals surface area contributed by atoms with Gasteiger partial charge >= 0.3 is 0 Å². The van der Waals surface area contributed by atoms with Gasteiger partial charge in [-0.3, -0.25) is 10.1 Å². The Balaban J connectivity index is 2.71. The van der Waals surface area contributed by atoms with Crippen LogP contribution in [0.1, 0.15) is 40.5 Å². The third-order valence-electron chi connectivity index (χ3n) is 3.32. The molecular weight excluding hydrogens is 190 g/mol. The molecule has 0 bridgehead atoms. The van der Waals surface area contributed by atoms with Crippen molar-refractivity contribution in [1.82, 2.24) is 10.6 Å². The van der Waals surface area contributed by atoms with Crippen LogP contribution in [0.4, 0.5) is 0 Å². The molecule has 3 atom stereocenters. The zero-order valence-corrected chi connectivity index (χ0v) is 10.1. The summed E-state index contributed by atoms with van der Waals surface area (Å²) in [6.07, 6.45) is 1.26. The van der Waals surface area contributed by atoms with E-state index < -0.39 is 0 Å². The highest BCUT2D eigenvalue weighted by Gasteiger charge is 2.36. The van der Waals surface area contributed by atoms with Crippen molar-refractivity contribution in [3.8, 4) is 0 Å². The van der Waals surface area contributed by atoms with E-state index in [-0.39, 0.29) is 23.7 Å². The first-order valence-electron chi connectivity index (χ1n) is 5.71. The van der Waals surface area contributed by atoms with Gasteiger partial charge in [0.1, 0.15) is 0 Å². The Labute approximate surface area is 92.0 Å². The Hall–Kier alpha value is -0.610. The summed E-state index contributed by atoms with van der Waals surface area (Å²) >= 11 is 0. The second-order valence-electron chi connectivity index (χ2n) is 5.08. The van der Waals surface area contributed by atoms with Crippen molar-refractivity contribution < 1.29 is 4.79 Å². The lowest BCUT2D eigenvalue weighted by molar-refractivity contribution is -0.125. The van der Waals surface area contributed by atoms with Gasteiger partial charge in [-0.15, -0.1) is 0 Å². The predicted molar refractivity (Wildman–Crippen MR) is 61.2 cm³/mol. The summed E-state index contributed by atoms with van der Waals surface area (Å²) in [5.41, 5.74) is 5.75. The molecule has 1 fully saturated rings. The molecule has 0 aromatic heterocycles. The van der Waals surface area contributed by atoms with Crippen LogP contribution in [-0.2, 0) is 4.79 Å². The van der Waals surface area contributed by atoms with Crippen molar-refractivity contribution in [2.45, 2.75) is 58.3 Å². The molecule has 0 aliphatic carbocycles. The summed E-state index contributed by atoms with van der Waals surface area (Å²) < 4.78 is 0. The summed E-state index contributed by atoms with van der Waals surface area (Å²) in [6.45, 7) is 8.24. The number of rotatable bonds is 3. The molecule has 88 valence electrons. The highest BCUT2D eigenvalue weighted by molar-refractivity contribution is 5.78. The van der Waals surface area contributed by atoms with E-state index in [1.165, 1.54) is 0 Å². The average Bonchev–Trinajstić information content (AvgIpc) is 2.16. The number of hydrogen-bond acceptors (Lipinski definition) is 3. The van der Waals surface area contributed by atoms with E-state index in [1.807, 2.05) is 13.8 Å². The van der Waals surface area contributed by atoms with Gasteiger partial charge < -0.3 is 11.1 Å². The first-order chi connectivity index (χ1) is 6.86. The highest BCUT2D eigenvalue weighted by atomic mass is 16.2. The van der Waals surface area contributed by atoms with Crippen molar-refractivity contribution in [3.05, 3.63) is 0 Å². The fraction of sp³-hybridized carbons (Fsp3) is 0.909. The van der Waals surface area contributed by atoms with Gasteiger partial charge in [-0.1, -0.05) is 20.8 Å². The standard InChI is InChI=1S/C11H23N3O/c1-5-11(4,12)10-13-8(7(2)3)6-9(15)14-10/h7-8,10,13H,5-6,12H2,1-4H3,(H,14,15). The van der Waals surface area contributed by atoms with Crippen LogP contribution >= 0.6 is 0 Å². The third-order valence-corrected chi connectivity index (χ3v) is 3.32. The SMILES string of the molecule is CCC(C)(N)C1NC(=O)CC(C(C)C)N1. The molecule has 3 unspecified atom stereocenters. The van der Waals surface area contributed by atoms with Crippen LogP contribution in [0.3, 0.4) is 0 Å². The quantitative estimate of drug-likeness (QED) is 0.642. The van der Waals surface area contributed by atoms with Crippen LogP contribution in [0, 0.1) is 5.92 Å². The molecule has 1 amide bonds. The second kappa shape index (κ2) is 4.49. The second-order valence-corrected chi connectivity index (χ2v) is 5.08. The number of hydrogen-bond donors (Lipinski definition) is 3. The summed E-state index contributed by atoms with van der Waals surface area (Å²) in [5, 5.41) is 6.33. The van der Waals surface area contributed by atoms with Gasteiger partial charge in [-0.05, 0) is 19.3 Å². The lowest BCUT2D eigenvalue weighted by atomic mass is 9.90. The van der Waals surface area contributed by atoms with Crippen LogP contribution in [0.15, 0.2) is 0 Å². The van der Waals surface area contributed by atoms with E-state index in [0.717, 1.165) is 6.42 Å². The molecule has 0 aromatic rings. The van der Waals surface area contributed by atoms with Gasteiger partial charge in [0, 0.05) is 18.0 Å². The first-order valence-corrected chi connectivity index (χ1v) is 5.71. The largest absolute Gasteiger partial charge is 0.339 e. The predicted octanol–water partition coefficient (Wildman–Crippen LogP) is 0.574. The topological polar surface area (TPSA) is 67.1 Å². The Morgan fingerprint density at radius 3 is 2.67 bits per heavy atom. The van der Waals surface area contributed by atoms with E-state index >= 15 is 0 Å². The van der Waals surface area contributed by atoms with Gasteiger partial charge in [0.2, 0.25) is 5.91 Å². The van der Waals surface area contributed by atoms with E-state index in [1.54, 1.807) is 0 Å². The van der Waals surface area contributed by atoms with Crippen molar-refractivity contribution >= 4 is 5.91 Å². The van der Waals surface area contributed by atoms with Crippen LogP contribution < -0.4 is 16.4 Å². The molecule has 4 N–H and O–H groups in total. The van der Waals surface area contributed by atoms with Crippen LogP contribution in [0.2, 0.25) is 0 Å². The minimum Gasteiger partial charge on any atom is -0.339 e. The molecule has 0 radical (unpaired) electrons. The van der Waals surface area contributed by atoms with Gasteiger partial charge in [-0.2, -0.15) is 0 Å². The van der Waals surface area contributed by atoms with Crippen LogP contribution in [0.25, 0.3) is 0 Å². The van der Waals surface area contributed by atoms with Crippen LogP contribution in [-0.4, -0.2) is 23.7 Å². The fourth-order valence-electron chi connectivity index (χ4n) is 1.72. The Morgan fingerprint density at radius 2 is 2.20 bits per heavy atom. The molecule has 15 heavy (non-hydrogen) atoms. The lowest BCUT2D eigenvalue weighted by Gasteiger charge is -2.41. The summed E-state index contributed by atoms with van der Waals surface area (Å²) in [6, 6.07) is 0.234. The number of carbonyl (C=O) groups excluding carboxylic acids is 1. The molecular formula is C11H23N3O. The Kier molecular flexibility index (Phi) is 3.73. The fourth-order valence-corrected chi connectivity index (χ4v) is 1.72. The number of amides is 1. The summed E-state index contributed by atoms with van der Waals surface area (Å²) in [4.78, 5) is 11.5. The minimum absolute atomic E-state index is 0.0996. The number of carbonyl (C=O) groups is 1. The number of nitrogens with one attached hydrogen (secondary N) is 2. The molecule has 0 spiro atoms. The monoisotopic (exact) mass is 213 g/mol. The highest BCUT2D eigenvalue weighted by Crippen LogP contribution is 2.17. The normalized spacial score (nSPS) is 31.2. The smallest absolute Gasteiger partial charge is 0.222 e. The van der Waals surface area contributed by atoms with Crippen molar-refractivity contribution in [1.29, 1.82) is 0 Å². The average molecular weight is 213 g/mol. The van der Waals surface area contributed by atoms with E-state index in [2.05, 4.69) is 24.5 Å². The van der Waals surface area contributed by atoms with Crippen molar-refractivity contribution in [2.24, 2.45) is 11.7 Å². The van der Waals surface area contributed by atoms with Crippen molar-refractivity contribution in [3.63, 3.8) is 0 Å². The lowest BCUT2D eigenvalue weighted by Crippen LogP contribution is -2.69. The van der Waals surface area contributed by atoms with Crippen molar-refractivity contribution in [2.75, 3.05) is 0 Å². The molecule has 1 aliphatic rings. The third kappa shape index (κ3) is 2.92. The maximum absolute atomic E-state index is 11.5. The minimum atomic E-state index is -0.386. The zero-order chi connectivity index (χ0) is 11.6. The molecule has 1 heterocycles.